The molecule has 2 aromatic rings. The number of rotatable bonds is 4. The zero-order valence-electron chi connectivity index (χ0n) is 9.25. The molecule has 94 valence electrons. The number of carboxylic acids is 1. The molecule has 18 heavy (non-hydrogen) atoms. The van der Waals surface area contributed by atoms with Crippen LogP contribution in [-0.4, -0.2) is 20.9 Å². The molecule has 1 heterocycles. The summed E-state index contributed by atoms with van der Waals surface area (Å²) in [5.41, 5.74) is 0.780. The summed E-state index contributed by atoms with van der Waals surface area (Å²) in [5.74, 6) is -1.31. The number of carbonyl (C=O) groups is 1. The van der Waals surface area contributed by atoms with Crippen LogP contribution in [-0.2, 0) is 6.42 Å². The Morgan fingerprint density at radius 3 is 2.56 bits per heavy atom. The smallest absolute Gasteiger partial charge is 0.356 e. The van der Waals surface area contributed by atoms with Crippen LogP contribution in [0.15, 0.2) is 36.5 Å². The van der Waals surface area contributed by atoms with Gasteiger partial charge in [-0.05, 0) is 5.56 Å². The average Bonchev–Trinajstić information content (AvgIpc) is 2.74. The minimum absolute atomic E-state index is 0.259. The van der Waals surface area contributed by atoms with E-state index in [9.17, 15) is 13.6 Å². The Morgan fingerprint density at radius 1 is 1.33 bits per heavy atom. The maximum atomic E-state index is 12.5. The van der Waals surface area contributed by atoms with Crippen LogP contribution in [0.5, 0.6) is 0 Å². The van der Waals surface area contributed by atoms with Gasteiger partial charge in [0.05, 0.1) is 0 Å². The highest BCUT2D eigenvalue weighted by molar-refractivity contribution is 5.87. The van der Waals surface area contributed by atoms with Gasteiger partial charge in [-0.2, -0.15) is 13.9 Å². The Balaban J connectivity index is 2.34. The summed E-state index contributed by atoms with van der Waals surface area (Å²) in [6.45, 7) is -2.84. The Bertz CT molecular complexity index is 552. The number of halogens is 2. The minimum atomic E-state index is -2.84. The molecule has 0 atom stereocenters. The molecule has 0 fully saturated rings. The second kappa shape index (κ2) is 4.95. The highest BCUT2D eigenvalue weighted by atomic mass is 19.3. The molecule has 0 spiro atoms. The molecule has 6 heteroatoms. The third kappa shape index (κ3) is 2.53. The predicted molar refractivity (Wildman–Crippen MR) is 59.7 cm³/mol. The van der Waals surface area contributed by atoms with Crippen molar-refractivity contribution in [2.24, 2.45) is 0 Å². The molecule has 0 aliphatic rings. The van der Waals surface area contributed by atoms with Crippen molar-refractivity contribution in [3.8, 4) is 0 Å². The third-order valence-corrected chi connectivity index (χ3v) is 2.45. The molecule has 2 rings (SSSR count). The molecule has 1 aromatic heterocycles. The quantitative estimate of drug-likeness (QED) is 0.909. The number of carboxylic acid groups (broad SMARTS) is 1. The Morgan fingerprint density at radius 2 is 2.00 bits per heavy atom. The zero-order chi connectivity index (χ0) is 13.1. The van der Waals surface area contributed by atoms with Gasteiger partial charge in [-0.15, -0.1) is 0 Å². The highest BCUT2D eigenvalue weighted by Crippen LogP contribution is 2.17. The molecule has 0 saturated heterocycles. The highest BCUT2D eigenvalue weighted by Gasteiger charge is 2.19. The van der Waals surface area contributed by atoms with Crippen LogP contribution in [0.2, 0.25) is 0 Å². The number of aromatic carboxylic acids is 1. The SMILES string of the molecule is O=C(O)c1nn(C(F)F)cc1Cc1ccccc1. The van der Waals surface area contributed by atoms with Crippen molar-refractivity contribution < 1.29 is 18.7 Å². The third-order valence-electron chi connectivity index (χ3n) is 2.45. The van der Waals surface area contributed by atoms with Crippen molar-refractivity contribution in [3.05, 3.63) is 53.3 Å². The molecule has 1 N–H and O–H groups in total. The van der Waals surface area contributed by atoms with Crippen LogP contribution in [0, 0.1) is 0 Å². The first-order valence-electron chi connectivity index (χ1n) is 5.21. The van der Waals surface area contributed by atoms with Crippen LogP contribution in [0.25, 0.3) is 0 Å². The zero-order valence-corrected chi connectivity index (χ0v) is 9.25. The van der Waals surface area contributed by atoms with Gasteiger partial charge in [-0.25, -0.2) is 9.48 Å². The van der Waals surface area contributed by atoms with Gasteiger partial charge in [0, 0.05) is 18.2 Å². The molecule has 0 saturated carbocycles. The minimum Gasteiger partial charge on any atom is -0.476 e. The standard InChI is InChI=1S/C12H10F2N2O2/c13-12(14)16-7-9(10(15-16)11(17)18)6-8-4-2-1-3-5-8/h1-5,7,12H,6H2,(H,17,18). The van der Waals surface area contributed by atoms with E-state index in [-0.39, 0.29) is 17.7 Å². The molecular formula is C12H10F2N2O2. The fourth-order valence-electron chi connectivity index (χ4n) is 1.65. The Kier molecular flexibility index (Phi) is 3.36. The van der Waals surface area contributed by atoms with E-state index in [1.807, 2.05) is 6.07 Å². The van der Waals surface area contributed by atoms with E-state index >= 15 is 0 Å². The van der Waals surface area contributed by atoms with Gasteiger partial charge in [0.2, 0.25) is 0 Å². The number of nitrogens with zero attached hydrogens (tertiary/aromatic N) is 2. The van der Waals surface area contributed by atoms with E-state index in [0.29, 0.717) is 4.68 Å². The Labute approximate surface area is 101 Å². The number of aromatic nitrogens is 2. The van der Waals surface area contributed by atoms with E-state index in [2.05, 4.69) is 5.10 Å². The monoisotopic (exact) mass is 252 g/mol. The van der Waals surface area contributed by atoms with Crippen LogP contribution in [0.3, 0.4) is 0 Å². The molecule has 1 aromatic carbocycles. The molecule has 0 aliphatic heterocycles. The van der Waals surface area contributed by atoms with Gasteiger partial charge in [0.25, 0.3) is 0 Å². The lowest BCUT2D eigenvalue weighted by Crippen LogP contribution is -2.04. The van der Waals surface area contributed by atoms with E-state index in [4.69, 9.17) is 5.11 Å². The van der Waals surface area contributed by atoms with Gasteiger partial charge in [0.15, 0.2) is 5.69 Å². The largest absolute Gasteiger partial charge is 0.476 e. The lowest BCUT2D eigenvalue weighted by atomic mass is 10.1. The van der Waals surface area contributed by atoms with Crippen molar-refractivity contribution in [1.29, 1.82) is 0 Å². The summed E-state index contributed by atoms with van der Waals surface area (Å²) < 4.78 is 25.3. The second-order valence-corrected chi connectivity index (χ2v) is 3.73. The van der Waals surface area contributed by atoms with Gasteiger partial charge in [-0.1, -0.05) is 30.3 Å². The van der Waals surface area contributed by atoms with Gasteiger partial charge < -0.3 is 5.11 Å². The number of hydrogen-bond donors (Lipinski definition) is 1. The molecule has 4 nitrogen and oxygen atoms in total. The topological polar surface area (TPSA) is 55.1 Å². The fraction of sp³-hybridized carbons (Fsp3) is 0.167. The maximum Gasteiger partial charge on any atom is 0.356 e. The molecule has 0 radical (unpaired) electrons. The second-order valence-electron chi connectivity index (χ2n) is 3.73. The fourth-order valence-corrected chi connectivity index (χ4v) is 1.65. The Hall–Kier alpha value is -2.24. The molecule has 0 amide bonds. The first-order valence-corrected chi connectivity index (χ1v) is 5.21. The molecule has 0 bridgehead atoms. The van der Waals surface area contributed by atoms with Gasteiger partial charge in [0.1, 0.15) is 0 Å². The van der Waals surface area contributed by atoms with Crippen molar-refractivity contribution in [2.45, 2.75) is 13.0 Å². The lowest BCUT2D eigenvalue weighted by molar-refractivity contribution is 0.0545. The number of alkyl halides is 2. The summed E-state index contributed by atoms with van der Waals surface area (Å²) in [6, 6.07) is 9.02. The van der Waals surface area contributed by atoms with Gasteiger partial charge >= 0.3 is 12.5 Å². The van der Waals surface area contributed by atoms with Crippen molar-refractivity contribution in [1.82, 2.24) is 9.78 Å². The van der Waals surface area contributed by atoms with E-state index in [1.165, 1.54) is 0 Å². The van der Waals surface area contributed by atoms with Crippen LogP contribution >= 0.6 is 0 Å². The summed E-state index contributed by atoms with van der Waals surface area (Å²) in [4.78, 5) is 10.9. The summed E-state index contributed by atoms with van der Waals surface area (Å²) in [7, 11) is 0. The average molecular weight is 252 g/mol. The summed E-state index contributed by atoms with van der Waals surface area (Å²) >= 11 is 0. The van der Waals surface area contributed by atoms with E-state index < -0.39 is 12.5 Å². The number of benzene rings is 1. The van der Waals surface area contributed by atoms with Crippen LogP contribution in [0.1, 0.15) is 28.2 Å². The summed E-state index contributed by atoms with van der Waals surface area (Å²) in [6.07, 6.45) is 1.33. The van der Waals surface area contributed by atoms with Crippen LogP contribution in [0.4, 0.5) is 8.78 Å². The first-order chi connectivity index (χ1) is 8.58. The van der Waals surface area contributed by atoms with Crippen molar-refractivity contribution >= 4 is 5.97 Å². The van der Waals surface area contributed by atoms with Crippen molar-refractivity contribution in [3.63, 3.8) is 0 Å². The molecule has 0 unspecified atom stereocenters. The number of hydrogen-bond acceptors (Lipinski definition) is 2. The predicted octanol–water partition coefficient (Wildman–Crippen LogP) is 2.57. The lowest BCUT2D eigenvalue weighted by Gasteiger charge is -1.99. The normalized spacial score (nSPS) is 10.8. The van der Waals surface area contributed by atoms with E-state index in [1.54, 1.807) is 24.3 Å². The van der Waals surface area contributed by atoms with Crippen molar-refractivity contribution in [2.75, 3.05) is 0 Å². The van der Waals surface area contributed by atoms with Gasteiger partial charge in [-0.3, -0.25) is 0 Å². The van der Waals surface area contributed by atoms with Crippen LogP contribution < -0.4 is 0 Å². The van der Waals surface area contributed by atoms with E-state index in [0.717, 1.165) is 11.8 Å². The first kappa shape index (κ1) is 12.2. The maximum absolute atomic E-state index is 12.5. The molecule has 0 aliphatic carbocycles. The summed E-state index contributed by atoms with van der Waals surface area (Å²) in [5, 5.41) is 12.3. The molecular weight excluding hydrogens is 242 g/mol.